The number of aryl methyl sites for hydroxylation is 1. The van der Waals surface area contributed by atoms with Gasteiger partial charge in [-0.3, -0.25) is 0 Å². The lowest BCUT2D eigenvalue weighted by molar-refractivity contribution is 0.225. The molecule has 0 bridgehead atoms. The first-order valence-corrected chi connectivity index (χ1v) is 10.8. The number of nitriles is 1. The van der Waals surface area contributed by atoms with Crippen LogP contribution >= 0.6 is 11.8 Å². The SMILES string of the molecule is CSc1ccc(OC[C@@H]2CN(CCc3cc(C)cc(C#N)c3)C[C@H]2C)cc1. The quantitative estimate of drug-likeness (QED) is 0.648. The van der Waals surface area contributed by atoms with Gasteiger partial charge in [0.2, 0.25) is 0 Å². The lowest BCUT2D eigenvalue weighted by atomic mass is 9.99. The lowest BCUT2D eigenvalue weighted by Crippen LogP contribution is -2.24. The number of hydrogen-bond acceptors (Lipinski definition) is 4. The first-order valence-electron chi connectivity index (χ1n) is 9.57. The van der Waals surface area contributed by atoms with Crippen molar-refractivity contribution in [3.05, 3.63) is 59.2 Å². The second-order valence-electron chi connectivity index (χ2n) is 7.55. The molecular formula is C23H28N2OS. The summed E-state index contributed by atoms with van der Waals surface area (Å²) in [5.41, 5.74) is 3.18. The third kappa shape index (κ3) is 5.51. The molecule has 2 aromatic rings. The molecule has 1 aliphatic heterocycles. The maximum atomic E-state index is 9.14. The monoisotopic (exact) mass is 380 g/mol. The predicted molar refractivity (Wildman–Crippen MR) is 112 cm³/mol. The van der Waals surface area contributed by atoms with Gasteiger partial charge < -0.3 is 9.64 Å². The van der Waals surface area contributed by atoms with Crippen LogP contribution in [0.25, 0.3) is 0 Å². The molecule has 1 saturated heterocycles. The van der Waals surface area contributed by atoms with Crippen LogP contribution in [0, 0.1) is 30.1 Å². The largest absolute Gasteiger partial charge is 0.493 e. The maximum absolute atomic E-state index is 9.14. The number of ether oxygens (including phenoxy) is 1. The Bertz CT molecular complexity index is 797. The van der Waals surface area contributed by atoms with Crippen molar-refractivity contribution < 1.29 is 4.74 Å². The van der Waals surface area contributed by atoms with E-state index in [9.17, 15) is 0 Å². The van der Waals surface area contributed by atoms with Crippen LogP contribution in [0.1, 0.15) is 23.6 Å². The van der Waals surface area contributed by atoms with Crippen LogP contribution in [0.5, 0.6) is 5.75 Å². The Balaban J connectivity index is 1.49. The summed E-state index contributed by atoms with van der Waals surface area (Å²) in [5.74, 6) is 2.17. The molecule has 142 valence electrons. The molecule has 3 rings (SSSR count). The van der Waals surface area contributed by atoms with E-state index in [2.05, 4.69) is 61.4 Å². The topological polar surface area (TPSA) is 36.3 Å². The number of nitrogens with zero attached hydrogens (tertiary/aromatic N) is 2. The normalized spacial score (nSPS) is 19.8. The minimum Gasteiger partial charge on any atom is -0.493 e. The third-order valence-electron chi connectivity index (χ3n) is 5.35. The molecule has 0 aliphatic carbocycles. The molecule has 0 unspecified atom stereocenters. The molecule has 2 atom stereocenters. The van der Waals surface area contributed by atoms with Gasteiger partial charge in [0.1, 0.15) is 5.75 Å². The lowest BCUT2D eigenvalue weighted by Gasteiger charge is -2.17. The van der Waals surface area contributed by atoms with E-state index in [1.807, 2.05) is 12.1 Å². The second kappa shape index (κ2) is 9.30. The number of benzene rings is 2. The van der Waals surface area contributed by atoms with Crippen LogP contribution in [0.2, 0.25) is 0 Å². The smallest absolute Gasteiger partial charge is 0.119 e. The summed E-state index contributed by atoms with van der Waals surface area (Å²) in [6, 6.07) is 16.8. The Morgan fingerprint density at radius 2 is 1.96 bits per heavy atom. The van der Waals surface area contributed by atoms with E-state index in [1.165, 1.54) is 10.5 Å². The average molecular weight is 381 g/mol. The maximum Gasteiger partial charge on any atom is 0.119 e. The number of likely N-dealkylation sites (tertiary alicyclic amines) is 1. The van der Waals surface area contributed by atoms with Crippen molar-refractivity contribution in [2.45, 2.75) is 25.2 Å². The molecular weight excluding hydrogens is 352 g/mol. The van der Waals surface area contributed by atoms with Crippen LogP contribution in [0.3, 0.4) is 0 Å². The van der Waals surface area contributed by atoms with Crippen LogP contribution in [0.4, 0.5) is 0 Å². The van der Waals surface area contributed by atoms with Gasteiger partial charge in [0.05, 0.1) is 18.2 Å². The Morgan fingerprint density at radius 3 is 2.67 bits per heavy atom. The molecule has 0 radical (unpaired) electrons. The Kier molecular flexibility index (Phi) is 6.82. The van der Waals surface area contributed by atoms with E-state index in [4.69, 9.17) is 10.00 Å². The molecule has 1 aliphatic rings. The van der Waals surface area contributed by atoms with E-state index < -0.39 is 0 Å². The van der Waals surface area contributed by atoms with E-state index in [0.717, 1.165) is 49.5 Å². The summed E-state index contributed by atoms with van der Waals surface area (Å²) in [6.45, 7) is 8.40. The zero-order valence-corrected chi connectivity index (χ0v) is 17.3. The third-order valence-corrected chi connectivity index (χ3v) is 6.09. The molecule has 0 N–H and O–H groups in total. The highest BCUT2D eigenvalue weighted by molar-refractivity contribution is 7.98. The molecule has 0 aromatic heterocycles. The first-order chi connectivity index (χ1) is 13.1. The zero-order chi connectivity index (χ0) is 19.2. The van der Waals surface area contributed by atoms with E-state index in [0.29, 0.717) is 11.8 Å². The molecule has 27 heavy (non-hydrogen) atoms. The minimum absolute atomic E-state index is 0.567. The number of hydrogen-bond donors (Lipinski definition) is 0. The van der Waals surface area contributed by atoms with E-state index in [1.54, 1.807) is 11.8 Å². The Hall–Kier alpha value is -1.96. The summed E-state index contributed by atoms with van der Waals surface area (Å²) in [4.78, 5) is 3.79. The van der Waals surface area contributed by atoms with Gasteiger partial charge in [-0.15, -0.1) is 11.8 Å². The standard InChI is InChI=1S/C23H28N2OS/c1-17-10-19(12-20(11-17)13-24)8-9-25-14-18(2)21(15-25)16-26-22-4-6-23(27-3)7-5-22/h4-7,10-12,18,21H,8-9,14-16H2,1-3H3/t18-,21+/m1/s1. The fourth-order valence-corrected chi connectivity index (χ4v) is 4.18. The van der Waals surface area contributed by atoms with Gasteiger partial charge in [0, 0.05) is 30.4 Å². The summed E-state index contributed by atoms with van der Waals surface area (Å²) in [5, 5.41) is 9.14. The van der Waals surface area contributed by atoms with E-state index in [-0.39, 0.29) is 0 Å². The molecule has 3 nitrogen and oxygen atoms in total. The Morgan fingerprint density at radius 1 is 1.19 bits per heavy atom. The summed E-state index contributed by atoms with van der Waals surface area (Å²) < 4.78 is 6.04. The van der Waals surface area contributed by atoms with Crippen molar-refractivity contribution in [2.24, 2.45) is 11.8 Å². The minimum atomic E-state index is 0.567. The van der Waals surface area contributed by atoms with Crippen molar-refractivity contribution in [3.63, 3.8) is 0 Å². The molecule has 0 saturated carbocycles. The van der Waals surface area contributed by atoms with Gasteiger partial charge in [-0.05, 0) is 73.0 Å². The van der Waals surface area contributed by atoms with Crippen molar-refractivity contribution >= 4 is 11.8 Å². The molecule has 0 spiro atoms. The zero-order valence-electron chi connectivity index (χ0n) is 16.4. The van der Waals surface area contributed by atoms with Gasteiger partial charge in [-0.25, -0.2) is 0 Å². The van der Waals surface area contributed by atoms with Crippen molar-refractivity contribution in [1.29, 1.82) is 5.26 Å². The Labute approximate surface area is 167 Å². The average Bonchev–Trinajstić information content (AvgIpc) is 3.04. The number of thioether (sulfide) groups is 1. The molecule has 4 heteroatoms. The van der Waals surface area contributed by atoms with Crippen LogP contribution in [0.15, 0.2) is 47.4 Å². The van der Waals surface area contributed by atoms with Crippen LogP contribution < -0.4 is 4.74 Å². The highest BCUT2D eigenvalue weighted by atomic mass is 32.2. The van der Waals surface area contributed by atoms with Crippen molar-refractivity contribution in [3.8, 4) is 11.8 Å². The number of rotatable bonds is 7. The van der Waals surface area contributed by atoms with Crippen LogP contribution in [-0.4, -0.2) is 37.4 Å². The molecule has 0 amide bonds. The van der Waals surface area contributed by atoms with Gasteiger partial charge in [-0.2, -0.15) is 5.26 Å². The second-order valence-corrected chi connectivity index (χ2v) is 8.43. The van der Waals surface area contributed by atoms with Crippen molar-refractivity contribution in [2.75, 3.05) is 32.5 Å². The highest BCUT2D eigenvalue weighted by Gasteiger charge is 2.29. The fourth-order valence-electron chi connectivity index (χ4n) is 3.78. The highest BCUT2D eigenvalue weighted by Crippen LogP contribution is 2.25. The molecule has 1 heterocycles. The van der Waals surface area contributed by atoms with Crippen LogP contribution in [-0.2, 0) is 6.42 Å². The molecule has 1 fully saturated rings. The van der Waals surface area contributed by atoms with Gasteiger partial charge in [0.15, 0.2) is 0 Å². The fraction of sp³-hybridized carbons (Fsp3) is 0.435. The van der Waals surface area contributed by atoms with Gasteiger partial charge >= 0.3 is 0 Å². The van der Waals surface area contributed by atoms with Gasteiger partial charge in [-0.1, -0.05) is 13.0 Å². The molecule has 2 aromatic carbocycles. The van der Waals surface area contributed by atoms with Gasteiger partial charge in [0.25, 0.3) is 0 Å². The predicted octanol–water partition coefficient (Wildman–Crippen LogP) is 4.78. The summed E-state index contributed by atoms with van der Waals surface area (Å²) in [6.07, 6.45) is 3.08. The van der Waals surface area contributed by atoms with E-state index >= 15 is 0 Å². The van der Waals surface area contributed by atoms with Crippen molar-refractivity contribution in [1.82, 2.24) is 4.90 Å². The summed E-state index contributed by atoms with van der Waals surface area (Å²) in [7, 11) is 0. The summed E-state index contributed by atoms with van der Waals surface area (Å²) >= 11 is 1.75. The first kappa shape index (κ1) is 19.8.